The minimum atomic E-state index is -0.0878. The molecule has 1 saturated heterocycles. The molecule has 4 rings (SSSR count). The lowest BCUT2D eigenvalue weighted by atomic mass is 9.97. The topological polar surface area (TPSA) is 41.6 Å². The van der Waals surface area contributed by atoms with Crippen LogP contribution < -0.4 is 5.32 Å². The number of nitrogens with one attached hydrogen (secondary N) is 1. The van der Waals surface area contributed by atoms with E-state index in [4.69, 9.17) is 16.3 Å². The number of carbonyl (C=O) groups is 1. The van der Waals surface area contributed by atoms with E-state index in [9.17, 15) is 4.79 Å². The number of ether oxygens (including phenoxy) is 1. The predicted molar refractivity (Wildman–Crippen MR) is 113 cm³/mol. The van der Waals surface area contributed by atoms with Crippen LogP contribution in [-0.2, 0) is 4.74 Å². The van der Waals surface area contributed by atoms with Gasteiger partial charge in [0.1, 0.15) is 0 Å². The van der Waals surface area contributed by atoms with Crippen LogP contribution in [0.2, 0.25) is 5.02 Å². The molecule has 144 valence electrons. The molecule has 0 radical (unpaired) electrons. The molecule has 3 aromatic carbocycles. The number of hydrogen-bond acceptors (Lipinski definition) is 3. The molecule has 4 nitrogen and oxygen atoms in total. The lowest BCUT2D eigenvalue weighted by Crippen LogP contribution is -2.43. The lowest BCUT2D eigenvalue weighted by molar-refractivity contribution is 0.0165. The van der Waals surface area contributed by atoms with Crippen molar-refractivity contribution < 1.29 is 9.53 Å². The molecule has 5 heteroatoms. The summed E-state index contributed by atoms with van der Waals surface area (Å²) >= 11 is 5.93. The minimum absolute atomic E-state index is 0.0878. The molecule has 1 N–H and O–H groups in total. The van der Waals surface area contributed by atoms with Crippen molar-refractivity contribution in [1.29, 1.82) is 0 Å². The van der Waals surface area contributed by atoms with Gasteiger partial charge >= 0.3 is 0 Å². The van der Waals surface area contributed by atoms with Gasteiger partial charge in [-0.3, -0.25) is 9.69 Å². The van der Waals surface area contributed by atoms with Crippen LogP contribution >= 0.6 is 11.6 Å². The summed E-state index contributed by atoms with van der Waals surface area (Å²) in [5, 5.41) is 6.17. The van der Waals surface area contributed by atoms with Crippen molar-refractivity contribution in [2.24, 2.45) is 0 Å². The smallest absolute Gasteiger partial charge is 0.251 e. The number of hydrogen-bond donors (Lipinski definition) is 1. The van der Waals surface area contributed by atoms with E-state index in [1.54, 1.807) is 24.3 Å². The molecule has 0 spiro atoms. The van der Waals surface area contributed by atoms with Crippen molar-refractivity contribution >= 4 is 28.3 Å². The van der Waals surface area contributed by atoms with Gasteiger partial charge in [-0.05, 0) is 40.6 Å². The van der Waals surface area contributed by atoms with E-state index in [-0.39, 0.29) is 11.9 Å². The van der Waals surface area contributed by atoms with E-state index in [1.807, 2.05) is 0 Å². The Morgan fingerprint density at radius 1 is 1.00 bits per heavy atom. The predicted octanol–water partition coefficient (Wildman–Crippen LogP) is 4.30. The Morgan fingerprint density at radius 3 is 2.50 bits per heavy atom. The van der Waals surface area contributed by atoms with Crippen LogP contribution in [0.15, 0.2) is 66.7 Å². The van der Waals surface area contributed by atoms with Crippen molar-refractivity contribution in [2.45, 2.75) is 6.04 Å². The molecule has 1 fully saturated rings. The number of benzene rings is 3. The maximum atomic E-state index is 12.6. The van der Waals surface area contributed by atoms with Gasteiger partial charge in [-0.1, -0.05) is 54.1 Å². The fraction of sp³-hybridized carbons (Fsp3) is 0.261. The number of halogens is 1. The Morgan fingerprint density at radius 2 is 1.71 bits per heavy atom. The third-order valence-electron chi connectivity index (χ3n) is 5.23. The zero-order valence-electron chi connectivity index (χ0n) is 15.6. The molecule has 1 aliphatic heterocycles. The number of morpholine rings is 1. The molecule has 0 aromatic heterocycles. The first kappa shape index (κ1) is 18.9. The fourth-order valence-electron chi connectivity index (χ4n) is 3.76. The Kier molecular flexibility index (Phi) is 5.91. The second-order valence-electron chi connectivity index (χ2n) is 6.95. The highest BCUT2D eigenvalue weighted by Crippen LogP contribution is 2.28. The average Bonchev–Trinajstić information content (AvgIpc) is 2.75. The molecule has 0 bridgehead atoms. The first-order valence-electron chi connectivity index (χ1n) is 9.55. The maximum absolute atomic E-state index is 12.6. The summed E-state index contributed by atoms with van der Waals surface area (Å²) in [7, 11) is 0. The molecule has 0 aliphatic carbocycles. The molecule has 0 saturated carbocycles. The van der Waals surface area contributed by atoms with Crippen LogP contribution in [-0.4, -0.2) is 43.7 Å². The van der Waals surface area contributed by atoms with Crippen molar-refractivity contribution in [3.05, 3.63) is 82.9 Å². The SMILES string of the molecule is O=C(NC[C@H](c1cccc2ccccc12)N1CCOCC1)c1ccc(Cl)cc1. The monoisotopic (exact) mass is 394 g/mol. The fourth-order valence-corrected chi connectivity index (χ4v) is 3.88. The van der Waals surface area contributed by atoms with Crippen molar-refractivity contribution in [2.75, 3.05) is 32.8 Å². The number of rotatable bonds is 5. The van der Waals surface area contributed by atoms with Crippen molar-refractivity contribution in [3.8, 4) is 0 Å². The van der Waals surface area contributed by atoms with Gasteiger partial charge in [0.25, 0.3) is 5.91 Å². The van der Waals surface area contributed by atoms with E-state index in [2.05, 4.69) is 52.7 Å². The normalized spacial score (nSPS) is 16.0. The van der Waals surface area contributed by atoms with Gasteiger partial charge in [0, 0.05) is 30.2 Å². The van der Waals surface area contributed by atoms with Crippen LogP contribution in [0.5, 0.6) is 0 Å². The van der Waals surface area contributed by atoms with Gasteiger partial charge in [-0.25, -0.2) is 0 Å². The summed E-state index contributed by atoms with van der Waals surface area (Å²) in [5.41, 5.74) is 1.85. The zero-order chi connectivity index (χ0) is 19.3. The van der Waals surface area contributed by atoms with Gasteiger partial charge in [-0.2, -0.15) is 0 Å². The summed E-state index contributed by atoms with van der Waals surface area (Å²) in [5.74, 6) is -0.0878. The van der Waals surface area contributed by atoms with Crippen LogP contribution in [0.25, 0.3) is 10.8 Å². The Labute approximate surface area is 170 Å². The molecule has 1 amide bonds. The zero-order valence-corrected chi connectivity index (χ0v) is 16.4. The second kappa shape index (κ2) is 8.74. The van der Waals surface area contributed by atoms with Crippen LogP contribution in [0, 0.1) is 0 Å². The van der Waals surface area contributed by atoms with E-state index in [1.165, 1.54) is 16.3 Å². The number of nitrogens with zero attached hydrogens (tertiary/aromatic N) is 1. The van der Waals surface area contributed by atoms with Gasteiger partial charge in [-0.15, -0.1) is 0 Å². The summed E-state index contributed by atoms with van der Waals surface area (Å²) < 4.78 is 5.54. The molecule has 0 unspecified atom stereocenters. The van der Waals surface area contributed by atoms with Gasteiger partial charge in [0.05, 0.1) is 19.3 Å². The van der Waals surface area contributed by atoms with E-state index < -0.39 is 0 Å². The largest absolute Gasteiger partial charge is 0.379 e. The standard InChI is InChI=1S/C23H23ClN2O2/c24-19-10-8-18(9-11-19)23(27)25-16-22(26-12-14-28-15-13-26)21-7-3-5-17-4-1-2-6-20(17)21/h1-11,22H,12-16H2,(H,25,27)/t22-/m1/s1. The number of carbonyl (C=O) groups excluding carboxylic acids is 1. The Bertz CT molecular complexity index is 947. The molecule has 3 aromatic rings. The average molecular weight is 395 g/mol. The number of fused-ring (bicyclic) bond motifs is 1. The number of amides is 1. The molecule has 1 atom stereocenters. The maximum Gasteiger partial charge on any atom is 0.251 e. The summed E-state index contributed by atoms with van der Waals surface area (Å²) in [6, 6.07) is 21.8. The molecule has 28 heavy (non-hydrogen) atoms. The quantitative estimate of drug-likeness (QED) is 0.701. The summed E-state index contributed by atoms with van der Waals surface area (Å²) in [6.45, 7) is 3.67. The third kappa shape index (κ3) is 4.20. The first-order valence-corrected chi connectivity index (χ1v) is 9.93. The van der Waals surface area contributed by atoms with E-state index >= 15 is 0 Å². The Hall–Kier alpha value is -2.40. The molecule has 1 heterocycles. The van der Waals surface area contributed by atoms with E-state index in [0.717, 1.165) is 13.1 Å². The minimum Gasteiger partial charge on any atom is -0.379 e. The van der Waals surface area contributed by atoms with Gasteiger partial charge in [0.2, 0.25) is 0 Å². The highest BCUT2D eigenvalue weighted by atomic mass is 35.5. The lowest BCUT2D eigenvalue weighted by Gasteiger charge is -2.35. The highest BCUT2D eigenvalue weighted by molar-refractivity contribution is 6.30. The second-order valence-corrected chi connectivity index (χ2v) is 7.39. The molecular formula is C23H23ClN2O2. The van der Waals surface area contributed by atoms with Gasteiger partial charge < -0.3 is 10.1 Å². The summed E-state index contributed by atoms with van der Waals surface area (Å²) in [6.07, 6.45) is 0. The molecule has 1 aliphatic rings. The first-order chi connectivity index (χ1) is 13.7. The van der Waals surface area contributed by atoms with Crippen LogP contribution in [0.4, 0.5) is 0 Å². The third-order valence-corrected chi connectivity index (χ3v) is 5.48. The van der Waals surface area contributed by atoms with Crippen LogP contribution in [0.1, 0.15) is 22.0 Å². The van der Waals surface area contributed by atoms with Gasteiger partial charge in [0.15, 0.2) is 0 Å². The highest BCUT2D eigenvalue weighted by Gasteiger charge is 2.24. The van der Waals surface area contributed by atoms with Crippen molar-refractivity contribution in [1.82, 2.24) is 10.2 Å². The Balaban J connectivity index is 1.60. The summed E-state index contributed by atoms with van der Waals surface area (Å²) in [4.78, 5) is 15.0. The van der Waals surface area contributed by atoms with Crippen LogP contribution in [0.3, 0.4) is 0 Å². The van der Waals surface area contributed by atoms with Crippen molar-refractivity contribution in [3.63, 3.8) is 0 Å². The molecular weight excluding hydrogens is 372 g/mol. The van der Waals surface area contributed by atoms with E-state index in [0.29, 0.717) is 30.3 Å².